The average molecular weight is 200 g/mol. The molecule has 0 saturated heterocycles. The Labute approximate surface area is 90.7 Å². The van der Waals surface area contributed by atoms with Crippen molar-refractivity contribution >= 4 is 5.69 Å². The van der Waals surface area contributed by atoms with Gasteiger partial charge in [-0.3, -0.25) is 0 Å². The number of benzene rings is 1. The van der Waals surface area contributed by atoms with E-state index in [1.165, 1.54) is 16.8 Å². The second-order valence-electron chi connectivity index (χ2n) is 3.81. The van der Waals surface area contributed by atoms with E-state index in [1.54, 1.807) is 6.20 Å². The SMILES string of the molecule is C=CNCc1ccc2c(c1)NC(=C)CC2. The van der Waals surface area contributed by atoms with E-state index in [9.17, 15) is 0 Å². The lowest BCUT2D eigenvalue weighted by Crippen LogP contribution is -2.10. The highest BCUT2D eigenvalue weighted by molar-refractivity contribution is 5.58. The molecular weight excluding hydrogens is 184 g/mol. The number of aryl methyl sites for hydroxylation is 1. The largest absolute Gasteiger partial charge is 0.387 e. The first-order chi connectivity index (χ1) is 7.29. The van der Waals surface area contributed by atoms with Crippen molar-refractivity contribution in [2.45, 2.75) is 19.4 Å². The maximum Gasteiger partial charge on any atom is 0.0417 e. The molecule has 1 heterocycles. The van der Waals surface area contributed by atoms with Crippen LogP contribution < -0.4 is 10.6 Å². The average Bonchev–Trinajstić information content (AvgIpc) is 2.25. The molecule has 0 unspecified atom stereocenters. The molecule has 2 nitrogen and oxygen atoms in total. The Hall–Kier alpha value is -1.70. The Balaban J connectivity index is 2.20. The Morgan fingerprint density at radius 3 is 3.07 bits per heavy atom. The van der Waals surface area contributed by atoms with Gasteiger partial charge in [-0.05, 0) is 36.2 Å². The number of fused-ring (bicyclic) bond motifs is 1. The van der Waals surface area contributed by atoms with E-state index in [2.05, 4.69) is 42.0 Å². The van der Waals surface area contributed by atoms with Crippen LogP contribution in [-0.2, 0) is 13.0 Å². The molecule has 0 saturated carbocycles. The van der Waals surface area contributed by atoms with Gasteiger partial charge in [-0.2, -0.15) is 0 Å². The van der Waals surface area contributed by atoms with Crippen molar-refractivity contribution in [3.63, 3.8) is 0 Å². The Morgan fingerprint density at radius 2 is 2.27 bits per heavy atom. The van der Waals surface area contributed by atoms with E-state index in [1.807, 2.05) is 0 Å². The smallest absolute Gasteiger partial charge is 0.0417 e. The van der Waals surface area contributed by atoms with Crippen molar-refractivity contribution in [3.8, 4) is 0 Å². The van der Waals surface area contributed by atoms with Gasteiger partial charge in [-0.25, -0.2) is 0 Å². The molecule has 1 aliphatic heterocycles. The minimum absolute atomic E-state index is 0.824. The first kappa shape index (κ1) is 9.84. The third kappa shape index (κ3) is 2.21. The van der Waals surface area contributed by atoms with Crippen molar-refractivity contribution in [2.24, 2.45) is 0 Å². The van der Waals surface area contributed by atoms with E-state index < -0.39 is 0 Å². The van der Waals surface area contributed by atoms with Crippen LogP contribution in [0.25, 0.3) is 0 Å². The lowest BCUT2D eigenvalue weighted by Gasteiger charge is -2.20. The zero-order chi connectivity index (χ0) is 10.7. The fraction of sp³-hybridized carbons (Fsp3) is 0.231. The summed E-state index contributed by atoms with van der Waals surface area (Å²) in [6.45, 7) is 8.42. The highest BCUT2D eigenvalue weighted by Gasteiger charge is 2.10. The quantitative estimate of drug-likeness (QED) is 0.784. The van der Waals surface area contributed by atoms with Gasteiger partial charge in [0.05, 0.1) is 0 Å². The Morgan fingerprint density at radius 1 is 1.40 bits per heavy atom. The molecule has 0 aromatic heterocycles. The summed E-state index contributed by atoms with van der Waals surface area (Å²) in [6, 6.07) is 6.52. The van der Waals surface area contributed by atoms with Crippen LogP contribution >= 0.6 is 0 Å². The fourth-order valence-corrected chi connectivity index (χ4v) is 1.80. The van der Waals surface area contributed by atoms with E-state index in [0.717, 1.165) is 25.1 Å². The van der Waals surface area contributed by atoms with Gasteiger partial charge in [0, 0.05) is 17.9 Å². The monoisotopic (exact) mass is 200 g/mol. The highest BCUT2D eigenvalue weighted by Crippen LogP contribution is 2.26. The minimum atomic E-state index is 0.824. The van der Waals surface area contributed by atoms with E-state index >= 15 is 0 Å². The number of rotatable bonds is 3. The van der Waals surface area contributed by atoms with Crippen LogP contribution in [0, 0.1) is 0 Å². The molecule has 2 heteroatoms. The second-order valence-corrected chi connectivity index (χ2v) is 3.81. The molecule has 2 N–H and O–H groups in total. The lowest BCUT2D eigenvalue weighted by atomic mass is 10.00. The molecule has 0 aliphatic carbocycles. The summed E-state index contributed by atoms with van der Waals surface area (Å²) < 4.78 is 0. The predicted octanol–water partition coefficient (Wildman–Crippen LogP) is 2.79. The van der Waals surface area contributed by atoms with Crippen molar-refractivity contribution < 1.29 is 0 Å². The Bertz CT molecular complexity index is 394. The van der Waals surface area contributed by atoms with Gasteiger partial charge in [0.15, 0.2) is 0 Å². The van der Waals surface area contributed by atoms with Crippen molar-refractivity contribution in [1.82, 2.24) is 5.32 Å². The van der Waals surface area contributed by atoms with Crippen LogP contribution in [0.2, 0.25) is 0 Å². The number of anilines is 1. The molecule has 0 atom stereocenters. The Kier molecular flexibility index (Phi) is 2.77. The topological polar surface area (TPSA) is 24.1 Å². The van der Waals surface area contributed by atoms with Gasteiger partial charge in [-0.15, -0.1) is 0 Å². The molecule has 1 aromatic rings. The highest BCUT2D eigenvalue weighted by atomic mass is 14.9. The van der Waals surface area contributed by atoms with Crippen LogP contribution in [0.1, 0.15) is 17.5 Å². The van der Waals surface area contributed by atoms with Crippen LogP contribution in [-0.4, -0.2) is 0 Å². The summed E-state index contributed by atoms with van der Waals surface area (Å²) in [6.07, 6.45) is 3.85. The summed E-state index contributed by atoms with van der Waals surface area (Å²) in [5.41, 5.74) is 4.95. The van der Waals surface area contributed by atoms with Crippen LogP contribution in [0.4, 0.5) is 5.69 Å². The maximum absolute atomic E-state index is 3.96. The normalized spacial score (nSPS) is 14.0. The van der Waals surface area contributed by atoms with Crippen LogP contribution in [0.15, 0.2) is 43.3 Å². The molecule has 1 aromatic carbocycles. The van der Waals surface area contributed by atoms with Crippen molar-refractivity contribution in [1.29, 1.82) is 0 Å². The van der Waals surface area contributed by atoms with Gasteiger partial charge >= 0.3 is 0 Å². The third-order valence-electron chi connectivity index (χ3n) is 2.63. The molecule has 0 fully saturated rings. The minimum Gasteiger partial charge on any atom is -0.387 e. The third-order valence-corrected chi connectivity index (χ3v) is 2.63. The fourth-order valence-electron chi connectivity index (χ4n) is 1.80. The summed E-state index contributed by atoms with van der Waals surface area (Å²) in [5, 5.41) is 6.42. The molecular formula is C13H16N2. The summed E-state index contributed by atoms with van der Waals surface area (Å²) in [4.78, 5) is 0. The van der Waals surface area contributed by atoms with Crippen molar-refractivity contribution in [2.75, 3.05) is 5.32 Å². The van der Waals surface area contributed by atoms with Crippen molar-refractivity contribution in [3.05, 3.63) is 54.4 Å². The molecule has 0 spiro atoms. The van der Waals surface area contributed by atoms with Gasteiger partial charge in [0.2, 0.25) is 0 Å². The molecule has 15 heavy (non-hydrogen) atoms. The summed E-state index contributed by atoms with van der Waals surface area (Å²) in [5.74, 6) is 0. The van der Waals surface area contributed by atoms with Gasteiger partial charge in [0.1, 0.15) is 0 Å². The summed E-state index contributed by atoms with van der Waals surface area (Å²) >= 11 is 0. The molecule has 0 amide bonds. The number of hydrogen-bond acceptors (Lipinski definition) is 2. The van der Waals surface area contributed by atoms with E-state index in [4.69, 9.17) is 0 Å². The maximum atomic E-state index is 3.96. The first-order valence-corrected chi connectivity index (χ1v) is 5.20. The zero-order valence-corrected chi connectivity index (χ0v) is 8.84. The molecule has 2 rings (SSSR count). The zero-order valence-electron chi connectivity index (χ0n) is 8.84. The van der Waals surface area contributed by atoms with Gasteiger partial charge in [0.25, 0.3) is 0 Å². The molecule has 0 radical (unpaired) electrons. The number of nitrogens with one attached hydrogen (secondary N) is 2. The van der Waals surface area contributed by atoms with Crippen LogP contribution in [0.3, 0.4) is 0 Å². The standard InChI is InChI=1S/C13H16N2/c1-3-14-9-11-5-7-12-6-4-10(2)15-13(12)8-11/h3,5,7-8,14-15H,1-2,4,6,9H2. The van der Waals surface area contributed by atoms with E-state index in [-0.39, 0.29) is 0 Å². The van der Waals surface area contributed by atoms with Gasteiger partial charge < -0.3 is 10.6 Å². The van der Waals surface area contributed by atoms with Gasteiger partial charge in [-0.1, -0.05) is 25.3 Å². The first-order valence-electron chi connectivity index (χ1n) is 5.20. The predicted molar refractivity (Wildman–Crippen MR) is 64.6 cm³/mol. The lowest BCUT2D eigenvalue weighted by molar-refractivity contribution is 0.864. The number of hydrogen-bond donors (Lipinski definition) is 2. The number of allylic oxidation sites excluding steroid dienone is 1. The molecule has 1 aliphatic rings. The second kappa shape index (κ2) is 4.22. The van der Waals surface area contributed by atoms with Crippen LogP contribution in [0.5, 0.6) is 0 Å². The summed E-state index contributed by atoms with van der Waals surface area (Å²) in [7, 11) is 0. The van der Waals surface area contributed by atoms with E-state index in [0.29, 0.717) is 0 Å². The molecule has 78 valence electrons. The molecule has 0 bridgehead atoms.